The first kappa shape index (κ1) is 11.5. The molecule has 1 aromatic rings. The van der Waals surface area contributed by atoms with Gasteiger partial charge in [-0.3, -0.25) is 10.1 Å². The van der Waals surface area contributed by atoms with Crippen molar-refractivity contribution in [2.75, 3.05) is 18.2 Å². The van der Waals surface area contributed by atoms with Gasteiger partial charge in [-0.25, -0.2) is 0 Å². The lowest BCUT2D eigenvalue weighted by Crippen LogP contribution is -2.42. The molecule has 88 valence electrons. The molecule has 0 aliphatic carbocycles. The fraction of sp³-hybridized carbons (Fsp3) is 0.545. The minimum atomic E-state index is 0.0107. The molecule has 1 fully saturated rings. The van der Waals surface area contributed by atoms with Gasteiger partial charge in [0.2, 0.25) is 5.91 Å². The van der Waals surface area contributed by atoms with Gasteiger partial charge in [-0.1, -0.05) is 0 Å². The van der Waals surface area contributed by atoms with Crippen LogP contribution in [0.4, 0.5) is 0 Å². The molecule has 2 N–H and O–H groups in total. The van der Waals surface area contributed by atoms with Crippen molar-refractivity contribution in [2.45, 2.75) is 19.0 Å². The van der Waals surface area contributed by atoms with Crippen molar-refractivity contribution in [2.24, 2.45) is 0 Å². The van der Waals surface area contributed by atoms with Crippen LogP contribution in [0.3, 0.4) is 0 Å². The van der Waals surface area contributed by atoms with Crippen molar-refractivity contribution in [3.63, 3.8) is 0 Å². The second-order valence-electron chi connectivity index (χ2n) is 3.84. The number of aryl methyl sites for hydroxylation is 1. The maximum absolute atomic E-state index is 11.6. The number of nitrogens with zero attached hydrogens (tertiary/aromatic N) is 1. The Balaban J connectivity index is 1.59. The van der Waals surface area contributed by atoms with E-state index in [-0.39, 0.29) is 11.9 Å². The summed E-state index contributed by atoms with van der Waals surface area (Å²) in [6, 6.07) is 4.04. The van der Waals surface area contributed by atoms with E-state index in [0.29, 0.717) is 0 Å². The largest absolute Gasteiger partial charge is 0.355 e. The van der Waals surface area contributed by atoms with Crippen LogP contribution in [-0.4, -0.2) is 34.7 Å². The molecule has 4 nitrogen and oxygen atoms in total. The third kappa shape index (κ3) is 3.28. The number of amides is 1. The standard InChI is InChI=1S/C11H17N3OS/c15-11(10-8-16-9-13-10)12-4-3-7-14-5-1-2-6-14/h1-2,5-6,10,13H,3-4,7-9H2,(H,12,15). The van der Waals surface area contributed by atoms with E-state index in [9.17, 15) is 4.79 Å². The number of rotatable bonds is 5. The third-order valence-electron chi connectivity index (χ3n) is 2.59. The van der Waals surface area contributed by atoms with Crippen molar-refractivity contribution in [1.82, 2.24) is 15.2 Å². The molecule has 0 saturated carbocycles. The monoisotopic (exact) mass is 239 g/mol. The van der Waals surface area contributed by atoms with Crippen LogP contribution in [0.1, 0.15) is 6.42 Å². The van der Waals surface area contributed by atoms with Gasteiger partial charge in [0.05, 0.1) is 6.04 Å². The summed E-state index contributed by atoms with van der Waals surface area (Å²) in [4.78, 5) is 11.6. The zero-order valence-electron chi connectivity index (χ0n) is 9.19. The Morgan fingerprint density at radius 3 is 3.00 bits per heavy atom. The Morgan fingerprint density at radius 2 is 2.31 bits per heavy atom. The molecule has 1 amide bonds. The summed E-state index contributed by atoms with van der Waals surface area (Å²) in [5.41, 5.74) is 0. The molecular weight excluding hydrogens is 222 g/mol. The second-order valence-corrected chi connectivity index (χ2v) is 4.87. The molecule has 0 spiro atoms. The Labute approximate surface area is 99.8 Å². The number of carbonyl (C=O) groups is 1. The molecule has 2 heterocycles. The van der Waals surface area contributed by atoms with Gasteiger partial charge in [0.25, 0.3) is 0 Å². The lowest BCUT2D eigenvalue weighted by atomic mass is 10.3. The SMILES string of the molecule is O=C(NCCCn1cccc1)C1CSCN1. The zero-order chi connectivity index (χ0) is 11.2. The summed E-state index contributed by atoms with van der Waals surface area (Å²) in [5.74, 6) is 1.92. The van der Waals surface area contributed by atoms with Crippen LogP contribution in [0.2, 0.25) is 0 Å². The summed E-state index contributed by atoms with van der Waals surface area (Å²) in [6.45, 7) is 1.71. The minimum absolute atomic E-state index is 0.0107. The Kier molecular flexibility index (Phi) is 4.30. The van der Waals surface area contributed by atoms with Gasteiger partial charge < -0.3 is 9.88 Å². The van der Waals surface area contributed by atoms with Gasteiger partial charge in [0.1, 0.15) is 0 Å². The Bertz CT molecular complexity index is 320. The summed E-state index contributed by atoms with van der Waals surface area (Å²) in [6.07, 6.45) is 5.05. The first-order valence-electron chi connectivity index (χ1n) is 5.56. The highest BCUT2D eigenvalue weighted by molar-refractivity contribution is 7.99. The number of carbonyl (C=O) groups excluding carboxylic acids is 1. The summed E-state index contributed by atoms with van der Waals surface area (Å²) in [5, 5.41) is 6.12. The van der Waals surface area contributed by atoms with Gasteiger partial charge in [0.15, 0.2) is 0 Å². The van der Waals surface area contributed by atoms with E-state index < -0.39 is 0 Å². The summed E-state index contributed by atoms with van der Waals surface area (Å²) in [7, 11) is 0. The third-order valence-corrected chi connectivity index (χ3v) is 3.53. The number of aromatic nitrogens is 1. The van der Waals surface area contributed by atoms with Crippen molar-refractivity contribution in [3.05, 3.63) is 24.5 Å². The van der Waals surface area contributed by atoms with Gasteiger partial charge in [0, 0.05) is 37.1 Å². The molecule has 2 rings (SSSR count). The van der Waals surface area contributed by atoms with Crippen LogP contribution in [0.25, 0.3) is 0 Å². The van der Waals surface area contributed by atoms with E-state index in [1.165, 1.54) is 0 Å². The van der Waals surface area contributed by atoms with E-state index in [2.05, 4.69) is 15.2 Å². The highest BCUT2D eigenvalue weighted by Crippen LogP contribution is 2.09. The van der Waals surface area contributed by atoms with Crippen molar-refractivity contribution in [3.8, 4) is 0 Å². The fourth-order valence-electron chi connectivity index (χ4n) is 1.68. The molecule has 0 radical (unpaired) electrons. The fourth-order valence-corrected chi connectivity index (χ4v) is 2.62. The van der Waals surface area contributed by atoms with Gasteiger partial charge >= 0.3 is 0 Å². The smallest absolute Gasteiger partial charge is 0.238 e. The van der Waals surface area contributed by atoms with E-state index in [1.807, 2.05) is 24.5 Å². The normalized spacial score (nSPS) is 19.9. The van der Waals surface area contributed by atoms with Crippen LogP contribution in [0.15, 0.2) is 24.5 Å². The maximum Gasteiger partial charge on any atom is 0.238 e. The minimum Gasteiger partial charge on any atom is -0.355 e. The molecule has 5 heteroatoms. The van der Waals surface area contributed by atoms with Crippen LogP contribution in [-0.2, 0) is 11.3 Å². The molecule has 1 atom stereocenters. The molecule has 1 aromatic heterocycles. The molecule has 1 aliphatic rings. The average Bonchev–Trinajstić information content (AvgIpc) is 2.96. The quantitative estimate of drug-likeness (QED) is 0.742. The number of thioether (sulfide) groups is 1. The Morgan fingerprint density at radius 1 is 1.50 bits per heavy atom. The number of hydrogen-bond donors (Lipinski definition) is 2. The highest BCUT2D eigenvalue weighted by atomic mass is 32.2. The van der Waals surface area contributed by atoms with Crippen molar-refractivity contribution < 1.29 is 4.79 Å². The van der Waals surface area contributed by atoms with Crippen LogP contribution in [0, 0.1) is 0 Å². The van der Waals surface area contributed by atoms with Crippen molar-refractivity contribution in [1.29, 1.82) is 0 Å². The lowest BCUT2D eigenvalue weighted by molar-refractivity contribution is -0.122. The van der Waals surface area contributed by atoms with Crippen LogP contribution in [0.5, 0.6) is 0 Å². The molecule has 1 unspecified atom stereocenters. The maximum atomic E-state index is 11.6. The topological polar surface area (TPSA) is 46.1 Å². The zero-order valence-corrected chi connectivity index (χ0v) is 10.0. The van der Waals surface area contributed by atoms with E-state index in [1.54, 1.807) is 11.8 Å². The van der Waals surface area contributed by atoms with E-state index >= 15 is 0 Å². The number of nitrogens with one attached hydrogen (secondary N) is 2. The van der Waals surface area contributed by atoms with Gasteiger partial charge in [-0.2, -0.15) is 0 Å². The second kappa shape index (κ2) is 5.96. The average molecular weight is 239 g/mol. The lowest BCUT2D eigenvalue weighted by Gasteiger charge is -2.10. The Hall–Kier alpha value is -0.940. The highest BCUT2D eigenvalue weighted by Gasteiger charge is 2.21. The van der Waals surface area contributed by atoms with Crippen LogP contribution < -0.4 is 10.6 Å². The molecule has 16 heavy (non-hydrogen) atoms. The predicted molar refractivity (Wildman–Crippen MR) is 66.3 cm³/mol. The van der Waals surface area contributed by atoms with Gasteiger partial charge in [-0.05, 0) is 18.6 Å². The van der Waals surface area contributed by atoms with E-state index in [0.717, 1.165) is 31.1 Å². The molecule has 1 saturated heterocycles. The van der Waals surface area contributed by atoms with Crippen molar-refractivity contribution >= 4 is 17.7 Å². The van der Waals surface area contributed by atoms with Gasteiger partial charge in [-0.15, -0.1) is 11.8 Å². The number of hydrogen-bond acceptors (Lipinski definition) is 3. The molecule has 0 aromatic carbocycles. The molecule has 1 aliphatic heterocycles. The first-order chi connectivity index (χ1) is 7.86. The first-order valence-corrected chi connectivity index (χ1v) is 6.71. The summed E-state index contributed by atoms with van der Waals surface area (Å²) >= 11 is 1.77. The molecule has 0 bridgehead atoms. The summed E-state index contributed by atoms with van der Waals surface area (Å²) < 4.78 is 2.12. The van der Waals surface area contributed by atoms with E-state index in [4.69, 9.17) is 0 Å². The van der Waals surface area contributed by atoms with Crippen LogP contribution >= 0.6 is 11.8 Å². The predicted octanol–water partition coefficient (Wildman–Crippen LogP) is 0.657. The molecular formula is C11H17N3OS.